The summed E-state index contributed by atoms with van der Waals surface area (Å²) in [6.07, 6.45) is 3.06. The summed E-state index contributed by atoms with van der Waals surface area (Å²) in [5.41, 5.74) is 2.53. The lowest BCUT2D eigenvalue weighted by Crippen LogP contribution is -2.29. The van der Waals surface area contributed by atoms with E-state index >= 15 is 0 Å². The number of carbonyl (C=O) groups is 1. The fraction of sp³-hybridized carbons (Fsp3) is 0. The molecule has 0 saturated heterocycles. The predicted octanol–water partition coefficient (Wildman–Crippen LogP) is -0.315. The molecule has 1 heterocycles. The minimum atomic E-state index is -0.303. The first-order valence-corrected chi connectivity index (χ1v) is 2.75. The van der Waals surface area contributed by atoms with Crippen molar-refractivity contribution in [2.45, 2.75) is 0 Å². The van der Waals surface area contributed by atoms with E-state index in [0.717, 1.165) is 0 Å². The smallest absolute Gasteiger partial charge is 0.265 e. The van der Waals surface area contributed by atoms with Gasteiger partial charge in [-0.1, -0.05) is 0 Å². The number of nitrogens with zero attached hydrogens (tertiary/aromatic N) is 1. The molecular formula is C6H7N3O. The van der Waals surface area contributed by atoms with E-state index in [2.05, 4.69) is 4.98 Å². The van der Waals surface area contributed by atoms with Gasteiger partial charge in [0.05, 0.1) is 0 Å². The Labute approximate surface area is 58.0 Å². The van der Waals surface area contributed by atoms with Crippen molar-refractivity contribution in [2.24, 2.45) is 5.84 Å². The number of hydrazine groups is 1. The van der Waals surface area contributed by atoms with Gasteiger partial charge in [0.25, 0.3) is 5.91 Å². The Balaban J connectivity index is 2.85. The van der Waals surface area contributed by atoms with Crippen molar-refractivity contribution in [1.82, 2.24) is 10.4 Å². The molecule has 4 heteroatoms. The number of amides is 1. The first-order chi connectivity index (χ1) is 4.84. The van der Waals surface area contributed by atoms with Crippen LogP contribution in [0.1, 0.15) is 10.4 Å². The van der Waals surface area contributed by atoms with Gasteiger partial charge in [-0.05, 0) is 12.1 Å². The topological polar surface area (TPSA) is 68.0 Å². The number of carbonyl (C=O) groups excluding carboxylic acids is 1. The molecule has 0 saturated carbocycles. The summed E-state index contributed by atoms with van der Waals surface area (Å²) >= 11 is 0. The monoisotopic (exact) mass is 141 g/mol. The molecule has 52 valence electrons. The van der Waals surface area contributed by atoms with Crippen LogP contribution in [0, 0.1) is 0 Å². The molecule has 1 amide bonds. The Bertz CT molecular complexity index is 222. The van der Waals surface area contributed by atoms with E-state index in [-0.39, 0.29) is 5.91 Å². The summed E-state index contributed by atoms with van der Waals surface area (Å²) in [6.45, 7) is 0. The number of nitrogens with two attached hydrogens (primary N) is 1. The van der Waals surface area contributed by atoms with Crippen LogP contribution in [0.5, 0.6) is 0 Å². The Morgan fingerprint density at radius 2 is 2.10 bits per heavy atom. The van der Waals surface area contributed by atoms with Crippen molar-refractivity contribution in [2.75, 3.05) is 0 Å². The highest BCUT2D eigenvalue weighted by Crippen LogP contribution is 1.93. The third kappa shape index (κ3) is 1.29. The quantitative estimate of drug-likeness (QED) is 0.185. The van der Waals surface area contributed by atoms with E-state index in [1.807, 2.05) is 5.43 Å². The molecule has 0 unspecified atom stereocenters. The second-order valence-corrected chi connectivity index (χ2v) is 1.71. The molecule has 0 aliphatic rings. The lowest BCUT2D eigenvalue weighted by atomic mass is 10.3. The third-order valence-electron chi connectivity index (χ3n) is 1.07. The molecule has 3 N–H and O–H groups in total. The molecule has 0 radical (unpaired) electrons. The third-order valence-corrected chi connectivity index (χ3v) is 1.07. The zero-order chi connectivity index (χ0) is 7.40. The fourth-order valence-corrected chi connectivity index (χ4v) is 0.587. The van der Waals surface area contributed by atoms with Crippen LogP contribution < -0.4 is 11.3 Å². The minimum absolute atomic E-state index is 0.303. The normalized spacial score (nSPS) is 8.90. The molecule has 4 nitrogen and oxygen atoms in total. The molecule has 1 aromatic heterocycles. The molecular weight excluding hydrogens is 134 g/mol. The Morgan fingerprint density at radius 3 is 2.60 bits per heavy atom. The maximum absolute atomic E-state index is 10.7. The maximum atomic E-state index is 10.7. The van der Waals surface area contributed by atoms with Crippen molar-refractivity contribution >= 4 is 5.91 Å². The fourth-order valence-electron chi connectivity index (χ4n) is 0.587. The van der Waals surface area contributed by atoms with Gasteiger partial charge in [-0.2, -0.15) is 0 Å². The molecule has 0 fully saturated rings. The zero-order valence-corrected chi connectivity index (χ0v) is 5.24. The van der Waals surface area contributed by atoms with Crippen LogP contribution >= 0.6 is 0 Å². The second-order valence-electron chi connectivity index (χ2n) is 1.71. The summed E-state index contributed by atoms with van der Waals surface area (Å²) in [5, 5.41) is 0. The maximum Gasteiger partial charge on any atom is 0.265 e. The van der Waals surface area contributed by atoms with Crippen LogP contribution in [0.15, 0.2) is 24.5 Å². The number of nitrogen functional groups attached to an aromatic ring is 1. The van der Waals surface area contributed by atoms with Crippen molar-refractivity contribution in [3.05, 3.63) is 30.1 Å². The molecule has 0 aliphatic heterocycles. The first kappa shape index (κ1) is 6.70. The van der Waals surface area contributed by atoms with Gasteiger partial charge in [0.15, 0.2) is 0 Å². The van der Waals surface area contributed by atoms with E-state index in [1.165, 1.54) is 12.4 Å². The van der Waals surface area contributed by atoms with Crippen LogP contribution in [-0.4, -0.2) is 10.9 Å². The standard InChI is InChI=1S/C6H7N3O/c7-9-6(10)5-1-3-8-4-2-5/h1-4H,7H2,(H,9,10)/i7+1,9+1,10+2. The average molecular weight is 141 g/mol. The Morgan fingerprint density at radius 1 is 1.50 bits per heavy atom. The minimum Gasteiger partial charge on any atom is -0.290 e. The summed E-state index contributed by atoms with van der Waals surface area (Å²) < 4.78 is 0. The van der Waals surface area contributed by atoms with Crippen LogP contribution in [-0.2, 0) is 0 Å². The average Bonchev–Trinajstić information content (AvgIpc) is 2.05. The molecule has 10 heavy (non-hydrogen) atoms. The lowest BCUT2D eigenvalue weighted by Gasteiger charge is -1.95. The highest BCUT2D eigenvalue weighted by molar-refractivity contribution is 5.93. The van der Waals surface area contributed by atoms with Gasteiger partial charge in [0.2, 0.25) is 0 Å². The highest BCUT2D eigenvalue weighted by Gasteiger charge is 1.98. The van der Waals surface area contributed by atoms with E-state index in [9.17, 15) is 4.79 Å². The number of rotatable bonds is 1. The van der Waals surface area contributed by atoms with Crippen LogP contribution in [0.25, 0.3) is 0 Å². The van der Waals surface area contributed by atoms with E-state index < -0.39 is 0 Å². The van der Waals surface area contributed by atoms with E-state index in [1.54, 1.807) is 12.1 Å². The van der Waals surface area contributed by atoms with Gasteiger partial charge in [-0.15, -0.1) is 0 Å². The van der Waals surface area contributed by atoms with Gasteiger partial charge >= 0.3 is 0 Å². The first-order valence-electron chi connectivity index (χ1n) is 2.75. The Hall–Kier alpha value is -1.42. The van der Waals surface area contributed by atoms with Crippen molar-refractivity contribution < 1.29 is 4.79 Å². The van der Waals surface area contributed by atoms with Gasteiger partial charge in [0.1, 0.15) is 0 Å². The number of pyridine rings is 1. The van der Waals surface area contributed by atoms with Crippen LogP contribution in [0.3, 0.4) is 0 Å². The predicted molar refractivity (Wildman–Crippen MR) is 35.9 cm³/mol. The zero-order valence-electron chi connectivity index (χ0n) is 5.24. The molecule has 1 rings (SSSR count). The van der Waals surface area contributed by atoms with Gasteiger partial charge in [-0.3, -0.25) is 15.2 Å². The van der Waals surface area contributed by atoms with Crippen LogP contribution in [0.2, 0.25) is 0 Å². The molecule has 0 aliphatic carbocycles. The largest absolute Gasteiger partial charge is 0.290 e. The SMILES string of the molecule is [15NH2][15NH]C(=[18O])c1ccncc1. The number of aromatic nitrogens is 1. The van der Waals surface area contributed by atoms with Gasteiger partial charge < -0.3 is 0 Å². The molecule has 0 atom stereocenters. The Kier molecular flexibility index (Phi) is 1.96. The van der Waals surface area contributed by atoms with Crippen molar-refractivity contribution in [3.63, 3.8) is 0 Å². The highest BCUT2D eigenvalue weighted by atomic mass is 18.1. The number of nitrogens with one attached hydrogen (secondary N) is 1. The molecule has 0 spiro atoms. The van der Waals surface area contributed by atoms with E-state index in [4.69, 9.17) is 5.84 Å². The summed E-state index contributed by atoms with van der Waals surface area (Å²) in [5.74, 6) is 4.58. The van der Waals surface area contributed by atoms with Gasteiger partial charge in [-0.25, -0.2) is 5.84 Å². The van der Waals surface area contributed by atoms with E-state index in [0.29, 0.717) is 5.56 Å². The van der Waals surface area contributed by atoms with Gasteiger partial charge in [0, 0.05) is 18.0 Å². The molecule has 0 aromatic carbocycles. The number of hydrogen-bond donors (Lipinski definition) is 2. The summed E-state index contributed by atoms with van der Waals surface area (Å²) in [7, 11) is 0. The molecule has 1 aromatic rings. The van der Waals surface area contributed by atoms with Crippen LogP contribution in [0.4, 0.5) is 0 Å². The van der Waals surface area contributed by atoms with Crippen molar-refractivity contribution in [3.8, 4) is 0 Å². The lowest BCUT2D eigenvalue weighted by molar-refractivity contribution is 0.0953. The molecule has 0 bridgehead atoms. The summed E-state index contributed by atoms with van der Waals surface area (Å²) in [4.78, 5) is 14.5. The summed E-state index contributed by atoms with van der Waals surface area (Å²) in [6, 6.07) is 3.17. The van der Waals surface area contributed by atoms with Crippen molar-refractivity contribution in [1.29, 1.82) is 0 Å². The second kappa shape index (κ2) is 2.93. The number of hydrogen-bond acceptors (Lipinski definition) is 3.